The van der Waals surface area contributed by atoms with Crippen molar-refractivity contribution in [3.8, 4) is 5.69 Å². The number of halogens is 4. The van der Waals surface area contributed by atoms with Crippen LogP contribution in [0.3, 0.4) is 0 Å². The molecule has 4 aromatic rings. The van der Waals surface area contributed by atoms with E-state index in [4.69, 9.17) is 11.6 Å². The number of alkyl halides is 3. The Morgan fingerprint density at radius 1 is 1.06 bits per heavy atom. The highest BCUT2D eigenvalue weighted by Crippen LogP contribution is 2.52. The lowest BCUT2D eigenvalue weighted by Gasteiger charge is -2.22. The number of aromatic nitrogens is 3. The number of aliphatic carboxylic acids is 1. The van der Waals surface area contributed by atoms with Crippen LogP contribution in [0.15, 0.2) is 60.7 Å². The fraction of sp³-hybridized carbons (Fsp3) is 0.174. The molecule has 5 rings (SSSR count). The number of carboxylic acids is 1. The number of carboxylic acid groups (broad SMARTS) is 1. The zero-order valence-electron chi connectivity index (χ0n) is 16.8. The summed E-state index contributed by atoms with van der Waals surface area (Å²) in [7, 11) is 0. The lowest BCUT2D eigenvalue weighted by molar-refractivity contribution is -0.146. The van der Waals surface area contributed by atoms with Crippen molar-refractivity contribution in [3.05, 3.63) is 88.5 Å². The lowest BCUT2D eigenvalue weighted by Crippen LogP contribution is -2.16. The quantitative estimate of drug-likeness (QED) is 0.358. The van der Waals surface area contributed by atoms with Gasteiger partial charge in [0.2, 0.25) is 5.82 Å². The van der Waals surface area contributed by atoms with E-state index in [1.54, 1.807) is 6.07 Å². The Labute approximate surface area is 195 Å². The third-order valence-electron chi connectivity index (χ3n) is 5.51. The minimum Gasteiger partial charge on any atom is -0.481 e. The largest absolute Gasteiger partial charge is 0.481 e. The molecule has 0 saturated heterocycles. The van der Waals surface area contributed by atoms with Crippen LogP contribution in [0.5, 0.6) is 0 Å². The number of fused-ring (bicyclic) bond motifs is 4. The summed E-state index contributed by atoms with van der Waals surface area (Å²) < 4.78 is 42.5. The summed E-state index contributed by atoms with van der Waals surface area (Å²) in [6.45, 7) is 0. The van der Waals surface area contributed by atoms with Gasteiger partial charge in [0.25, 0.3) is 0 Å². The summed E-state index contributed by atoms with van der Waals surface area (Å²) in [5.41, 5.74) is 1.61. The molecule has 2 heterocycles. The molecule has 1 aliphatic heterocycles. The number of hydrogen-bond donors (Lipinski definition) is 1. The van der Waals surface area contributed by atoms with Gasteiger partial charge in [-0.05, 0) is 40.1 Å². The number of hydrogen-bond acceptors (Lipinski definition) is 4. The minimum atomic E-state index is -4.78. The third kappa shape index (κ3) is 3.85. The maximum absolute atomic E-state index is 13.9. The molecule has 33 heavy (non-hydrogen) atoms. The van der Waals surface area contributed by atoms with Crippen LogP contribution in [0, 0.1) is 0 Å². The van der Waals surface area contributed by atoms with Gasteiger partial charge >= 0.3 is 12.1 Å². The number of benzene rings is 3. The van der Waals surface area contributed by atoms with Gasteiger partial charge in [-0.1, -0.05) is 54.1 Å². The van der Waals surface area contributed by atoms with Crippen LogP contribution >= 0.6 is 23.4 Å². The first-order valence-electron chi connectivity index (χ1n) is 9.91. The van der Waals surface area contributed by atoms with Crippen molar-refractivity contribution in [1.29, 1.82) is 0 Å². The predicted octanol–water partition coefficient (Wildman–Crippen LogP) is 6.44. The van der Waals surface area contributed by atoms with Gasteiger partial charge in [0.15, 0.2) is 5.82 Å². The molecule has 1 aliphatic rings. The van der Waals surface area contributed by atoms with Crippen molar-refractivity contribution in [2.45, 2.75) is 23.1 Å². The molecule has 5 nitrogen and oxygen atoms in total. The number of nitrogens with zero attached hydrogens (tertiary/aromatic N) is 3. The maximum Gasteiger partial charge on any atom is 0.452 e. The highest BCUT2D eigenvalue weighted by Gasteiger charge is 2.43. The van der Waals surface area contributed by atoms with E-state index in [2.05, 4.69) is 10.2 Å². The van der Waals surface area contributed by atoms with Crippen LogP contribution < -0.4 is 0 Å². The predicted molar refractivity (Wildman–Crippen MR) is 120 cm³/mol. The number of rotatable bonds is 3. The Morgan fingerprint density at radius 2 is 1.82 bits per heavy atom. The fourth-order valence-electron chi connectivity index (χ4n) is 4.18. The smallest absolute Gasteiger partial charge is 0.452 e. The molecule has 3 aromatic carbocycles. The van der Waals surface area contributed by atoms with E-state index >= 15 is 0 Å². The summed E-state index contributed by atoms with van der Waals surface area (Å²) in [4.78, 5) is 11.7. The van der Waals surface area contributed by atoms with Crippen LogP contribution in [0.2, 0.25) is 5.02 Å². The molecule has 0 bridgehead atoms. The summed E-state index contributed by atoms with van der Waals surface area (Å²) in [5, 5.41) is 17.6. The average molecular weight is 490 g/mol. The van der Waals surface area contributed by atoms with Crippen LogP contribution in [0.1, 0.15) is 39.7 Å². The second-order valence-corrected chi connectivity index (χ2v) is 9.34. The van der Waals surface area contributed by atoms with E-state index in [0.29, 0.717) is 10.6 Å². The van der Waals surface area contributed by atoms with Gasteiger partial charge in [0, 0.05) is 5.02 Å². The standard InChI is InChI=1S/C23H15ClF3N3O2S/c24-13-8-9-17-16(10-13)20(15-7-3-5-12-4-1-2-6-14(12)15)33-18(11-19(31)32)21-28-29-22(30(17)21)23(25,26)27/h1-10,18,20H,11H2,(H,31,32)/t18-,20-/m0/s1. The highest BCUT2D eigenvalue weighted by molar-refractivity contribution is 8.00. The first kappa shape index (κ1) is 21.8. The van der Waals surface area contributed by atoms with Crippen LogP contribution in [0.25, 0.3) is 16.5 Å². The topological polar surface area (TPSA) is 68.0 Å². The zero-order valence-corrected chi connectivity index (χ0v) is 18.3. The van der Waals surface area contributed by atoms with Crippen LogP contribution in [-0.4, -0.2) is 25.8 Å². The van der Waals surface area contributed by atoms with Gasteiger partial charge in [-0.15, -0.1) is 22.0 Å². The molecule has 0 radical (unpaired) electrons. The molecule has 1 N–H and O–H groups in total. The van der Waals surface area contributed by atoms with Crippen molar-refractivity contribution in [3.63, 3.8) is 0 Å². The van der Waals surface area contributed by atoms with Gasteiger partial charge in [-0.2, -0.15) is 13.2 Å². The van der Waals surface area contributed by atoms with Crippen molar-refractivity contribution < 1.29 is 23.1 Å². The second-order valence-electron chi connectivity index (χ2n) is 7.59. The summed E-state index contributed by atoms with van der Waals surface area (Å²) in [6.07, 6.45) is -5.19. The second kappa shape index (κ2) is 8.07. The monoisotopic (exact) mass is 489 g/mol. The molecule has 0 saturated carbocycles. The van der Waals surface area contributed by atoms with Gasteiger partial charge < -0.3 is 5.11 Å². The molecule has 0 unspecified atom stereocenters. The molecule has 2 atom stereocenters. The van der Waals surface area contributed by atoms with E-state index in [9.17, 15) is 23.1 Å². The molecule has 0 aliphatic carbocycles. The van der Waals surface area contributed by atoms with Crippen LogP contribution in [0.4, 0.5) is 13.2 Å². The summed E-state index contributed by atoms with van der Waals surface area (Å²) >= 11 is 7.52. The Bertz CT molecular complexity index is 1380. The normalized spacial score (nSPS) is 17.9. The number of thioether (sulfide) groups is 1. The molecule has 0 amide bonds. The molecule has 0 fully saturated rings. The van der Waals surface area contributed by atoms with Crippen molar-refractivity contribution in [2.24, 2.45) is 0 Å². The van der Waals surface area contributed by atoms with E-state index in [-0.39, 0.29) is 11.5 Å². The van der Waals surface area contributed by atoms with E-state index < -0.39 is 34.9 Å². The van der Waals surface area contributed by atoms with Gasteiger partial charge in [0.1, 0.15) is 0 Å². The maximum atomic E-state index is 13.9. The van der Waals surface area contributed by atoms with E-state index in [1.165, 1.54) is 23.9 Å². The van der Waals surface area contributed by atoms with Gasteiger partial charge in [0.05, 0.1) is 22.6 Å². The minimum absolute atomic E-state index is 0.0546. The summed E-state index contributed by atoms with van der Waals surface area (Å²) in [5.74, 6) is -2.40. The molecular weight excluding hydrogens is 475 g/mol. The van der Waals surface area contributed by atoms with Gasteiger partial charge in [-0.3, -0.25) is 9.36 Å². The summed E-state index contributed by atoms with van der Waals surface area (Å²) in [6, 6.07) is 18.0. The average Bonchev–Trinajstić information content (AvgIpc) is 3.17. The SMILES string of the molecule is O=C(O)C[C@@H]1S[C@@H](c2cccc3ccccc23)c2cc(Cl)ccc2-n2c1nnc2C(F)(F)F. The Hall–Kier alpha value is -3.04. The fourth-order valence-corrected chi connectivity index (χ4v) is 5.89. The molecule has 0 spiro atoms. The molecule has 168 valence electrons. The van der Waals surface area contributed by atoms with Gasteiger partial charge in [-0.25, -0.2) is 0 Å². The molecule has 1 aromatic heterocycles. The van der Waals surface area contributed by atoms with E-state index in [0.717, 1.165) is 20.9 Å². The van der Waals surface area contributed by atoms with Crippen LogP contribution in [-0.2, 0) is 11.0 Å². The first-order valence-corrected chi connectivity index (χ1v) is 11.2. The van der Waals surface area contributed by atoms with Crippen molar-refractivity contribution in [2.75, 3.05) is 0 Å². The Morgan fingerprint density at radius 3 is 2.58 bits per heavy atom. The first-order chi connectivity index (χ1) is 15.7. The zero-order chi connectivity index (χ0) is 23.3. The highest BCUT2D eigenvalue weighted by atomic mass is 35.5. The number of carbonyl (C=O) groups is 1. The van der Waals surface area contributed by atoms with Crippen molar-refractivity contribution >= 4 is 40.1 Å². The molecule has 10 heteroatoms. The lowest BCUT2D eigenvalue weighted by atomic mass is 9.97. The Kier molecular flexibility index (Phi) is 5.33. The third-order valence-corrected chi connectivity index (χ3v) is 7.23. The van der Waals surface area contributed by atoms with E-state index in [1.807, 2.05) is 42.5 Å². The Balaban J connectivity index is 1.82. The van der Waals surface area contributed by atoms with Crippen molar-refractivity contribution in [1.82, 2.24) is 14.8 Å². The molecular formula is C23H15ClF3N3O2S.